The Labute approximate surface area is 199 Å². The third kappa shape index (κ3) is 5.94. The molecule has 0 fully saturated rings. The molecule has 0 radical (unpaired) electrons. The second kappa shape index (κ2) is 11.9. The van der Waals surface area contributed by atoms with E-state index < -0.39 is 0 Å². The van der Waals surface area contributed by atoms with Crippen LogP contribution >= 0.6 is 11.9 Å². The van der Waals surface area contributed by atoms with Crippen LogP contribution in [0.4, 0.5) is 5.95 Å². The highest BCUT2D eigenvalue weighted by molar-refractivity contribution is 8.01. The number of hydrogen-bond acceptors (Lipinski definition) is 9. The molecule has 0 amide bonds. The Morgan fingerprint density at radius 3 is 2.30 bits per heavy atom. The minimum absolute atomic E-state index is 0.140. The molecule has 0 aliphatic rings. The molecule has 0 spiro atoms. The second-order valence-electron chi connectivity index (χ2n) is 7.72. The fraction of sp³-hybridized carbons (Fsp3) is 0.478. The predicted molar refractivity (Wildman–Crippen MR) is 131 cm³/mol. The lowest BCUT2D eigenvalue weighted by Gasteiger charge is -2.20. The number of anilines is 1. The maximum atomic E-state index is 5.65. The fourth-order valence-corrected chi connectivity index (χ4v) is 4.05. The van der Waals surface area contributed by atoms with Gasteiger partial charge in [0.05, 0.1) is 14.2 Å². The summed E-state index contributed by atoms with van der Waals surface area (Å²) in [7, 11) is 4.97. The SMILES string of the molecule is COCCCc1nnc(NSC(C)C(C)c2ncc(C)cn2)n1-c1c(OC)cccc1OC. The Morgan fingerprint density at radius 1 is 1.03 bits per heavy atom. The van der Waals surface area contributed by atoms with Crippen molar-refractivity contribution in [1.29, 1.82) is 0 Å². The molecule has 3 aromatic rings. The van der Waals surface area contributed by atoms with Crippen LogP contribution in [0, 0.1) is 6.92 Å². The van der Waals surface area contributed by atoms with Crippen molar-refractivity contribution in [3.8, 4) is 17.2 Å². The first-order chi connectivity index (χ1) is 16.0. The monoisotopic (exact) mass is 472 g/mol. The summed E-state index contributed by atoms with van der Waals surface area (Å²) < 4.78 is 21.9. The molecule has 2 aromatic heterocycles. The quantitative estimate of drug-likeness (QED) is 0.307. The normalized spacial score (nSPS) is 12.9. The van der Waals surface area contributed by atoms with Gasteiger partial charge in [0.25, 0.3) is 0 Å². The Hall–Kier alpha value is -2.85. The Balaban J connectivity index is 1.89. The van der Waals surface area contributed by atoms with Gasteiger partial charge in [0.1, 0.15) is 28.8 Å². The summed E-state index contributed by atoms with van der Waals surface area (Å²) in [6.07, 6.45) is 5.20. The topological polar surface area (TPSA) is 96.2 Å². The first kappa shape index (κ1) is 24.8. The van der Waals surface area contributed by atoms with Crippen LogP contribution in [-0.2, 0) is 11.2 Å². The van der Waals surface area contributed by atoms with Gasteiger partial charge >= 0.3 is 0 Å². The number of para-hydroxylation sites is 1. The maximum absolute atomic E-state index is 5.65. The van der Waals surface area contributed by atoms with E-state index in [4.69, 9.17) is 14.2 Å². The summed E-state index contributed by atoms with van der Waals surface area (Å²) in [5, 5.41) is 9.06. The van der Waals surface area contributed by atoms with Crippen molar-refractivity contribution < 1.29 is 14.2 Å². The zero-order valence-electron chi connectivity index (χ0n) is 20.0. The molecular weight excluding hydrogens is 440 g/mol. The zero-order chi connectivity index (χ0) is 23.8. The van der Waals surface area contributed by atoms with Gasteiger partial charge in [0.15, 0.2) is 0 Å². The summed E-state index contributed by atoms with van der Waals surface area (Å²) in [5.74, 6) is 3.69. The number of nitrogens with zero attached hydrogens (tertiary/aromatic N) is 5. The van der Waals surface area contributed by atoms with Crippen molar-refractivity contribution in [2.75, 3.05) is 32.7 Å². The predicted octanol–water partition coefficient (Wildman–Crippen LogP) is 4.21. The van der Waals surface area contributed by atoms with E-state index in [1.165, 1.54) is 0 Å². The van der Waals surface area contributed by atoms with Crippen LogP contribution in [0.1, 0.15) is 43.4 Å². The lowest BCUT2D eigenvalue weighted by Crippen LogP contribution is -2.15. The molecule has 0 saturated carbocycles. The van der Waals surface area contributed by atoms with E-state index in [1.807, 2.05) is 42.1 Å². The Morgan fingerprint density at radius 2 is 1.70 bits per heavy atom. The molecule has 10 heteroatoms. The van der Waals surface area contributed by atoms with E-state index in [9.17, 15) is 0 Å². The smallest absolute Gasteiger partial charge is 0.239 e. The molecule has 0 aliphatic carbocycles. The number of methoxy groups -OCH3 is 3. The van der Waals surface area contributed by atoms with Crippen molar-refractivity contribution in [2.45, 2.75) is 44.8 Å². The van der Waals surface area contributed by atoms with Crippen molar-refractivity contribution in [2.24, 2.45) is 0 Å². The molecule has 33 heavy (non-hydrogen) atoms. The van der Waals surface area contributed by atoms with Gasteiger partial charge < -0.3 is 14.2 Å². The number of nitrogens with one attached hydrogen (secondary N) is 1. The van der Waals surface area contributed by atoms with Gasteiger partial charge in [-0.05, 0) is 43.0 Å². The zero-order valence-corrected chi connectivity index (χ0v) is 20.8. The number of ether oxygens (including phenoxy) is 3. The molecule has 9 nitrogen and oxygen atoms in total. The molecule has 178 valence electrons. The highest BCUT2D eigenvalue weighted by Gasteiger charge is 2.23. The van der Waals surface area contributed by atoms with Crippen molar-refractivity contribution >= 4 is 17.9 Å². The minimum Gasteiger partial charge on any atom is -0.494 e. The van der Waals surface area contributed by atoms with Crippen LogP contribution < -0.4 is 14.2 Å². The van der Waals surface area contributed by atoms with E-state index in [2.05, 4.69) is 38.7 Å². The number of rotatable bonds is 12. The van der Waals surface area contributed by atoms with Crippen LogP contribution in [0.25, 0.3) is 5.69 Å². The molecule has 0 aliphatic heterocycles. The van der Waals surface area contributed by atoms with Gasteiger partial charge in [0.2, 0.25) is 5.95 Å². The van der Waals surface area contributed by atoms with Crippen molar-refractivity contribution in [3.63, 3.8) is 0 Å². The molecule has 1 aromatic carbocycles. The van der Waals surface area contributed by atoms with E-state index in [-0.39, 0.29) is 11.2 Å². The molecule has 0 saturated heterocycles. The third-order valence-corrected chi connectivity index (χ3v) is 6.43. The van der Waals surface area contributed by atoms with Gasteiger partial charge in [0, 0.05) is 43.7 Å². The lowest BCUT2D eigenvalue weighted by atomic mass is 10.1. The van der Waals surface area contributed by atoms with Crippen LogP contribution in [0.2, 0.25) is 0 Å². The number of hydrogen-bond donors (Lipinski definition) is 1. The number of benzene rings is 1. The number of aryl methyl sites for hydroxylation is 2. The van der Waals surface area contributed by atoms with Crippen LogP contribution in [0.5, 0.6) is 11.5 Å². The van der Waals surface area contributed by atoms with Crippen LogP contribution in [0.3, 0.4) is 0 Å². The standard InChI is InChI=1S/C23H32N6O3S/c1-15-13-24-22(25-14-15)16(2)17(3)33-28-23-27-26-20(11-8-12-30-4)29(23)21-18(31-5)9-7-10-19(21)32-6/h7,9-10,13-14,16-17H,8,11-12H2,1-6H3,(H,27,28). The Kier molecular flexibility index (Phi) is 8.90. The average Bonchev–Trinajstić information content (AvgIpc) is 3.24. The fourth-order valence-electron chi connectivity index (χ4n) is 3.30. The van der Waals surface area contributed by atoms with E-state index in [0.717, 1.165) is 29.3 Å². The molecule has 2 unspecified atom stereocenters. The molecule has 3 rings (SSSR count). The summed E-state index contributed by atoms with van der Waals surface area (Å²) in [5.41, 5.74) is 1.80. The van der Waals surface area contributed by atoms with Gasteiger partial charge in [-0.25, -0.2) is 9.97 Å². The van der Waals surface area contributed by atoms with Crippen LogP contribution in [-0.4, -0.2) is 57.9 Å². The molecule has 0 bridgehead atoms. The average molecular weight is 473 g/mol. The van der Waals surface area contributed by atoms with Gasteiger partial charge in [-0.15, -0.1) is 10.2 Å². The van der Waals surface area contributed by atoms with Crippen molar-refractivity contribution in [3.05, 3.63) is 47.8 Å². The summed E-state index contributed by atoms with van der Waals surface area (Å²) in [4.78, 5) is 8.96. The van der Waals surface area contributed by atoms with Gasteiger partial charge in [-0.1, -0.05) is 19.9 Å². The first-order valence-corrected chi connectivity index (χ1v) is 11.7. The first-order valence-electron chi connectivity index (χ1n) is 10.8. The van der Waals surface area contributed by atoms with Gasteiger partial charge in [-0.3, -0.25) is 9.29 Å². The Bertz CT molecular complexity index is 1010. The molecule has 2 heterocycles. The second-order valence-corrected chi connectivity index (χ2v) is 8.90. The summed E-state index contributed by atoms with van der Waals surface area (Å²) in [6.45, 7) is 6.87. The molecule has 1 N–H and O–H groups in total. The highest BCUT2D eigenvalue weighted by atomic mass is 32.2. The van der Waals surface area contributed by atoms with E-state index in [0.29, 0.717) is 30.5 Å². The van der Waals surface area contributed by atoms with Crippen molar-refractivity contribution in [1.82, 2.24) is 24.7 Å². The third-order valence-electron chi connectivity index (χ3n) is 5.35. The maximum Gasteiger partial charge on any atom is 0.239 e. The molecule has 2 atom stereocenters. The summed E-state index contributed by atoms with van der Waals surface area (Å²) >= 11 is 1.55. The highest BCUT2D eigenvalue weighted by Crippen LogP contribution is 2.36. The lowest BCUT2D eigenvalue weighted by molar-refractivity contribution is 0.194. The minimum atomic E-state index is 0.140. The van der Waals surface area contributed by atoms with Crippen LogP contribution in [0.15, 0.2) is 30.6 Å². The summed E-state index contributed by atoms with van der Waals surface area (Å²) in [6, 6.07) is 5.68. The number of aromatic nitrogens is 5. The van der Waals surface area contributed by atoms with E-state index in [1.54, 1.807) is 33.3 Å². The van der Waals surface area contributed by atoms with E-state index >= 15 is 0 Å². The largest absolute Gasteiger partial charge is 0.494 e. The molecular formula is C23H32N6O3S. The van der Waals surface area contributed by atoms with Gasteiger partial charge in [-0.2, -0.15) is 0 Å².